The van der Waals surface area contributed by atoms with Gasteiger partial charge in [-0.2, -0.15) is 0 Å². The molecule has 3 heterocycles. The van der Waals surface area contributed by atoms with Crippen LogP contribution in [0.15, 0.2) is 30.6 Å². The second-order valence-corrected chi connectivity index (χ2v) is 12.8. The number of hydrogen-bond donors (Lipinski definition) is 1. The predicted molar refractivity (Wildman–Crippen MR) is 150 cm³/mol. The molecule has 14 heteroatoms. The number of benzene rings is 1. The van der Waals surface area contributed by atoms with Crippen LogP contribution in [0, 0.1) is 0 Å². The van der Waals surface area contributed by atoms with Gasteiger partial charge < -0.3 is 18.9 Å². The third-order valence-corrected chi connectivity index (χ3v) is 8.42. The van der Waals surface area contributed by atoms with Gasteiger partial charge in [0.05, 0.1) is 30.9 Å². The Kier molecular flexibility index (Phi) is 8.88. The average Bonchev–Trinajstić information content (AvgIpc) is 3.48. The zero-order valence-corrected chi connectivity index (χ0v) is 25.2. The monoisotopic (exact) mass is 594 g/mol. The van der Waals surface area contributed by atoms with Gasteiger partial charge in [-0.3, -0.25) is 9.29 Å². The topological polar surface area (TPSA) is 140 Å². The second kappa shape index (κ2) is 11.9. The third-order valence-electron chi connectivity index (χ3n) is 6.53. The van der Waals surface area contributed by atoms with Crippen molar-refractivity contribution < 1.29 is 27.4 Å². The molecular weight excluding hydrogens is 560 g/mol. The molecule has 1 N–H and O–H groups in total. The summed E-state index contributed by atoms with van der Waals surface area (Å²) in [6, 6.07) is 5.25. The Balaban J connectivity index is 1.80. The fraction of sp³-hybridized carbons (Fsp3) is 0.538. The van der Waals surface area contributed by atoms with Crippen LogP contribution in [-0.4, -0.2) is 64.3 Å². The molecule has 0 spiro atoms. The maximum Gasteiger partial charge on any atom is 0.243 e. The summed E-state index contributed by atoms with van der Waals surface area (Å²) in [5.41, 5.74) is 0.0580. The molecule has 0 bridgehead atoms. The van der Waals surface area contributed by atoms with Gasteiger partial charge >= 0.3 is 0 Å². The molecule has 1 aliphatic heterocycles. The highest BCUT2D eigenvalue weighted by Gasteiger charge is 2.39. The quantitative estimate of drug-likeness (QED) is 0.333. The molecule has 0 aliphatic carbocycles. The molecule has 0 amide bonds. The molecule has 12 nitrogen and oxygen atoms in total. The highest BCUT2D eigenvalue weighted by molar-refractivity contribution is 7.93. The van der Waals surface area contributed by atoms with E-state index >= 15 is 0 Å². The van der Waals surface area contributed by atoms with Crippen LogP contribution in [-0.2, 0) is 19.5 Å². The standard InChI is InChI=1S/C26H35ClN6O6S/c1-15(2)38-22(23-28-13-17(27)14-29-23)16(3)40(34,35)32-25-31-30-24(20-11-12-26(4,5)39-20)33(25)21-18(36-6)9-8-10-19(21)37-7/h8-10,13-16,20,22H,11-12H2,1-7H3,(H,31,32)/t16-,20-,22+/m0/s1. The summed E-state index contributed by atoms with van der Waals surface area (Å²) in [6.07, 6.45) is 2.52. The molecule has 3 aromatic rings. The van der Waals surface area contributed by atoms with Crippen LogP contribution in [0.25, 0.3) is 5.69 Å². The molecule has 1 fully saturated rings. The molecule has 1 aliphatic rings. The lowest BCUT2D eigenvalue weighted by Crippen LogP contribution is -2.35. The third kappa shape index (κ3) is 6.32. The number of anilines is 1. The molecule has 0 unspecified atom stereocenters. The SMILES string of the molecule is COc1cccc(OC)c1-n1c(NS(=O)(=O)[C@@H](C)[C@@H](OC(C)C)c2ncc(Cl)cn2)nnc1[C@@H]1CCC(C)(C)O1. The molecule has 4 rings (SSSR count). The first-order chi connectivity index (χ1) is 18.9. The van der Waals surface area contributed by atoms with Crippen molar-refractivity contribution in [2.75, 3.05) is 18.9 Å². The minimum Gasteiger partial charge on any atom is -0.494 e. The maximum atomic E-state index is 13.8. The minimum atomic E-state index is -4.15. The Bertz CT molecular complexity index is 1410. The largest absolute Gasteiger partial charge is 0.494 e. The Morgan fingerprint density at radius 1 is 1.10 bits per heavy atom. The van der Waals surface area contributed by atoms with Crippen LogP contribution in [0.2, 0.25) is 5.02 Å². The molecule has 2 aromatic heterocycles. The highest BCUT2D eigenvalue weighted by atomic mass is 35.5. The van der Waals surface area contributed by atoms with Crippen LogP contribution < -0.4 is 14.2 Å². The lowest BCUT2D eigenvalue weighted by Gasteiger charge is -2.26. The first-order valence-corrected chi connectivity index (χ1v) is 14.8. The molecule has 218 valence electrons. The number of hydrogen-bond acceptors (Lipinski definition) is 10. The second-order valence-electron chi connectivity index (χ2n) is 10.4. The van der Waals surface area contributed by atoms with Crippen molar-refractivity contribution in [2.45, 2.75) is 76.6 Å². The van der Waals surface area contributed by atoms with E-state index in [-0.39, 0.29) is 23.5 Å². The number of nitrogens with one attached hydrogen (secondary N) is 1. The Hall–Kier alpha value is -3.00. The van der Waals surface area contributed by atoms with E-state index in [4.69, 9.17) is 30.5 Å². The summed E-state index contributed by atoms with van der Waals surface area (Å²) < 4.78 is 55.4. The molecule has 3 atom stereocenters. The van der Waals surface area contributed by atoms with Crippen molar-refractivity contribution in [3.8, 4) is 17.2 Å². The smallest absolute Gasteiger partial charge is 0.243 e. The van der Waals surface area contributed by atoms with Crippen LogP contribution in [0.4, 0.5) is 5.95 Å². The van der Waals surface area contributed by atoms with Crippen molar-refractivity contribution in [1.29, 1.82) is 0 Å². The number of rotatable bonds is 11. The number of ether oxygens (including phenoxy) is 4. The van der Waals surface area contributed by atoms with Crippen molar-refractivity contribution in [1.82, 2.24) is 24.7 Å². The number of nitrogens with zero attached hydrogens (tertiary/aromatic N) is 5. The summed E-state index contributed by atoms with van der Waals surface area (Å²) in [4.78, 5) is 8.42. The van der Waals surface area contributed by atoms with Crippen molar-refractivity contribution in [3.63, 3.8) is 0 Å². The summed E-state index contributed by atoms with van der Waals surface area (Å²) in [5, 5.41) is 7.81. The van der Waals surface area contributed by atoms with Crippen LogP contribution in [0.1, 0.15) is 71.3 Å². The number of para-hydroxylation sites is 1. The molecule has 0 saturated carbocycles. The predicted octanol–water partition coefficient (Wildman–Crippen LogP) is 4.65. The van der Waals surface area contributed by atoms with Gasteiger partial charge in [-0.25, -0.2) is 18.4 Å². The maximum absolute atomic E-state index is 13.8. The summed E-state index contributed by atoms with van der Waals surface area (Å²) in [5.74, 6) is 1.41. The molecular formula is C26H35ClN6O6S. The van der Waals surface area contributed by atoms with Gasteiger partial charge in [-0.15, -0.1) is 10.2 Å². The Morgan fingerprint density at radius 3 is 2.25 bits per heavy atom. The van der Waals surface area contributed by atoms with E-state index in [1.165, 1.54) is 33.5 Å². The number of halogens is 1. The van der Waals surface area contributed by atoms with Crippen LogP contribution in [0.3, 0.4) is 0 Å². The molecule has 1 aromatic carbocycles. The number of sulfonamides is 1. The Labute approximate surface area is 239 Å². The van der Waals surface area contributed by atoms with Gasteiger partial charge in [-0.05, 0) is 59.6 Å². The molecule has 0 radical (unpaired) electrons. The van der Waals surface area contributed by atoms with Gasteiger partial charge in [0.25, 0.3) is 0 Å². The normalized spacial score (nSPS) is 18.5. The number of aromatic nitrogens is 5. The van der Waals surface area contributed by atoms with Gasteiger partial charge in [0.15, 0.2) is 11.6 Å². The van der Waals surface area contributed by atoms with Crippen molar-refractivity contribution in [3.05, 3.63) is 47.3 Å². The van der Waals surface area contributed by atoms with Crippen LogP contribution in [0.5, 0.6) is 11.5 Å². The summed E-state index contributed by atoms with van der Waals surface area (Å²) in [6.45, 7) is 9.11. The van der Waals surface area contributed by atoms with E-state index < -0.39 is 27.5 Å². The Morgan fingerprint density at radius 2 is 1.73 bits per heavy atom. The van der Waals surface area contributed by atoms with E-state index in [1.807, 2.05) is 13.8 Å². The van der Waals surface area contributed by atoms with E-state index in [9.17, 15) is 8.42 Å². The highest BCUT2D eigenvalue weighted by Crippen LogP contribution is 2.43. The lowest BCUT2D eigenvalue weighted by molar-refractivity contribution is -0.0207. The minimum absolute atomic E-state index is 0.0572. The summed E-state index contributed by atoms with van der Waals surface area (Å²) >= 11 is 5.95. The fourth-order valence-electron chi connectivity index (χ4n) is 4.53. The van der Waals surface area contributed by atoms with Crippen molar-refractivity contribution in [2.24, 2.45) is 0 Å². The zero-order valence-electron chi connectivity index (χ0n) is 23.6. The van der Waals surface area contributed by atoms with E-state index in [0.717, 1.165) is 6.42 Å². The fourth-order valence-corrected chi connectivity index (χ4v) is 5.72. The van der Waals surface area contributed by atoms with Gasteiger partial charge in [-0.1, -0.05) is 17.7 Å². The van der Waals surface area contributed by atoms with Crippen molar-refractivity contribution >= 4 is 27.6 Å². The van der Waals surface area contributed by atoms with Gasteiger partial charge in [0.2, 0.25) is 16.0 Å². The average molecular weight is 595 g/mol. The first kappa shape index (κ1) is 30.0. The van der Waals surface area contributed by atoms with E-state index in [2.05, 4.69) is 24.9 Å². The van der Waals surface area contributed by atoms with Crippen LogP contribution >= 0.6 is 11.6 Å². The first-order valence-electron chi connectivity index (χ1n) is 12.9. The molecule has 40 heavy (non-hydrogen) atoms. The van der Waals surface area contributed by atoms with Gasteiger partial charge in [0.1, 0.15) is 34.6 Å². The molecule has 1 saturated heterocycles. The summed E-state index contributed by atoms with van der Waals surface area (Å²) in [7, 11) is -1.12. The van der Waals surface area contributed by atoms with E-state index in [1.54, 1.807) is 36.6 Å². The number of methoxy groups -OCH3 is 2. The van der Waals surface area contributed by atoms with E-state index in [0.29, 0.717) is 34.5 Å². The lowest BCUT2D eigenvalue weighted by atomic mass is 10.1. The zero-order chi connectivity index (χ0) is 29.2. The van der Waals surface area contributed by atoms with Gasteiger partial charge in [0, 0.05) is 12.4 Å².